The van der Waals surface area contributed by atoms with Gasteiger partial charge in [0.25, 0.3) is 5.91 Å². The summed E-state index contributed by atoms with van der Waals surface area (Å²) in [5, 5.41) is 3.46. The van der Waals surface area contributed by atoms with Crippen molar-refractivity contribution in [3.05, 3.63) is 87.9 Å². The van der Waals surface area contributed by atoms with Gasteiger partial charge in [0.2, 0.25) is 6.10 Å². The zero-order chi connectivity index (χ0) is 19.2. The third-order valence-electron chi connectivity index (χ3n) is 3.84. The number of anilines is 1. The predicted octanol–water partition coefficient (Wildman–Crippen LogP) is 5.87. The normalized spacial score (nSPS) is 11.5. The maximum atomic E-state index is 12.9. The molecule has 0 heterocycles. The van der Waals surface area contributed by atoms with Crippen LogP contribution in [0.4, 0.5) is 5.69 Å². The summed E-state index contributed by atoms with van der Waals surface area (Å²) in [5.74, 6) is 0.959. The standard InChI is InChI=1S/C21H17BrClNO3/c1-26-17-10-8-16(9-11-17)24-21(25)20(14-5-3-2-4-6-14)27-19-12-7-15(23)13-18(19)22/h2-13,20H,1H3,(H,24,25). The summed E-state index contributed by atoms with van der Waals surface area (Å²) in [5.41, 5.74) is 1.39. The second-order valence-electron chi connectivity index (χ2n) is 5.70. The molecule has 3 aromatic rings. The minimum atomic E-state index is -0.828. The molecule has 0 aliphatic rings. The van der Waals surface area contributed by atoms with Crippen LogP contribution in [0.25, 0.3) is 0 Å². The molecule has 1 N–H and O–H groups in total. The fraction of sp³-hybridized carbons (Fsp3) is 0.0952. The van der Waals surface area contributed by atoms with Crippen molar-refractivity contribution in [1.29, 1.82) is 0 Å². The molecule has 0 spiro atoms. The second kappa shape index (κ2) is 8.93. The second-order valence-corrected chi connectivity index (χ2v) is 6.99. The van der Waals surface area contributed by atoms with Crippen molar-refractivity contribution >= 4 is 39.1 Å². The molecule has 0 aromatic heterocycles. The van der Waals surface area contributed by atoms with Crippen LogP contribution in [0.5, 0.6) is 11.5 Å². The fourth-order valence-electron chi connectivity index (χ4n) is 2.48. The fourth-order valence-corrected chi connectivity index (χ4v) is 3.26. The first-order valence-corrected chi connectivity index (χ1v) is 9.35. The molecule has 1 amide bonds. The Kier molecular flexibility index (Phi) is 6.37. The minimum Gasteiger partial charge on any atom is -0.497 e. The largest absolute Gasteiger partial charge is 0.497 e. The average Bonchev–Trinajstić information content (AvgIpc) is 2.68. The van der Waals surface area contributed by atoms with Crippen molar-refractivity contribution in [1.82, 2.24) is 0 Å². The Balaban J connectivity index is 1.85. The van der Waals surface area contributed by atoms with Gasteiger partial charge in [0.15, 0.2) is 0 Å². The van der Waals surface area contributed by atoms with Crippen LogP contribution >= 0.6 is 27.5 Å². The van der Waals surface area contributed by atoms with E-state index >= 15 is 0 Å². The third kappa shape index (κ3) is 5.02. The number of rotatable bonds is 6. The molecular formula is C21H17BrClNO3. The highest BCUT2D eigenvalue weighted by atomic mass is 79.9. The summed E-state index contributed by atoms with van der Waals surface area (Å²) < 4.78 is 11.8. The summed E-state index contributed by atoms with van der Waals surface area (Å²) in [4.78, 5) is 12.9. The predicted molar refractivity (Wildman–Crippen MR) is 111 cm³/mol. The summed E-state index contributed by atoms with van der Waals surface area (Å²) in [6.45, 7) is 0. The average molecular weight is 447 g/mol. The Hall–Kier alpha value is -2.50. The van der Waals surface area contributed by atoms with Crippen molar-refractivity contribution in [2.75, 3.05) is 12.4 Å². The molecule has 0 bridgehead atoms. The van der Waals surface area contributed by atoms with Crippen LogP contribution < -0.4 is 14.8 Å². The van der Waals surface area contributed by atoms with Gasteiger partial charge in [0, 0.05) is 16.3 Å². The van der Waals surface area contributed by atoms with E-state index in [-0.39, 0.29) is 5.91 Å². The van der Waals surface area contributed by atoms with Crippen molar-refractivity contribution in [3.8, 4) is 11.5 Å². The monoisotopic (exact) mass is 445 g/mol. The molecule has 0 aliphatic carbocycles. The van der Waals surface area contributed by atoms with Crippen LogP contribution in [0.15, 0.2) is 77.3 Å². The Bertz CT molecular complexity index is 916. The lowest BCUT2D eigenvalue weighted by Crippen LogP contribution is -2.25. The summed E-state index contributed by atoms with van der Waals surface area (Å²) in [6, 6.07) is 21.6. The van der Waals surface area contributed by atoms with Gasteiger partial charge in [0.05, 0.1) is 11.6 Å². The molecule has 0 fully saturated rings. The molecule has 0 radical (unpaired) electrons. The van der Waals surface area contributed by atoms with Crippen molar-refractivity contribution < 1.29 is 14.3 Å². The minimum absolute atomic E-state index is 0.284. The highest BCUT2D eigenvalue weighted by Crippen LogP contribution is 2.32. The van der Waals surface area contributed by atoms with Gasteiger partial charge in [-0.1, -0.05) is 41.9 Å². The molecule has 3 rings (SSSR count). The number of nitrogens with one attached hydrogen (secondary N) is 1. The number of carbonyl (C=O) groups excluding carboxylic acids is 1. The van der Waals surface area contributed by atoms with E-state index in [1.54, 1.807) is 49.6 Å². The number of amides is 1. The Labute approximate surface area is 171 Å². The van der Waals surface area contributed by atoms with Crippen LogP contribution in [-0.4, -0.2) is 13.0 Å². The first-order valence-electron chi connectivity index (χ1n) is 8.18. The van der Waals surface area contributed by atoms with Gasteiger partial charge >= 0.3 is 0 Å². The molecule has 1 atom stereocenters. The Morgan fingerprint density at radius 1 is 1.04 bits per heavy atom. The number of methoxy groups -OCH3 is 1. The molecule has 1 unspecified atom stereocenters. The van der Waals surface area contributed by atoms with E-state index in [0.717, 1.165) is 5.56 Å². The molecular weight excluding hydrogens is 430 g/mol. The topological polar surface area (TPSA) is 47.6 Å². The maximum absolute atomic E-state index is 12.9. The van der Waals surface area contributed by atoms with Crippen LogP contribution in [0.3, 0.4) is 0 Å². The molecule has 0 saturated heterocycles. The lowest BCUT2D eigenvalue weighted by molar-refractivity contribution is -0.123. The highest BCUT2D eigenvalue weighted by Gasteiger charge is 2.23. The summed E-state index contributed by atoms with van der Waals surface area (Å²) >= 11 is 9.41. The zero-order valence-electron chi connectivity index (χ0n) is 14.5. The van der Waals surface area contributed by atoms with Gasteiger partial charge in [-0.25, -0.2) is 0 Å². The number of hydrogen-bond donors (Lipinski definition) is 1. The number of hydrogen-bond acceptors (Lipinski definition) is 3. The molecule has 3 aromatic carbocycles. The van der Waals surface area contributed by atoms with Crippen molar-refractivity contribution in [2.24, 2.45) is 0 Å². The lowest BCUT2D eigenvalue weighted by Gasteiger charge is -2.20. The number of carbonyl (C=O) groups is 1. The Morgan fingerprint density at radius 3 is 2.37 bits per heavy atom. The SMILES string of the molecule is COc1ccc(NC(=O)C(Oc2ccc(Cl)cc2Br)c2ccccc2)cc1. The van der Waals surface area contributed by atoms with Crippen molar-refractivity contribution in [2.45, 2.75) is 6.10 Å². The molecule has 0 saturated carbocycles. The lowest BCUT2D eigenvalue weighted by atomic mass is 10.1. The van der Waals surface area contributed by atoms with Gasteiger partial charge < -0.3 is 14.8 Å². The van der Waals surface area contributed by atoms with Crippen LogP contribution in [0.1, 0.15) is 11.7 Å². The maximum Gasteiger partial charge on any atom is 0.270 e. The van der Waals surface area contributed by atoms with E-state index in [9.17, 15) is 4.79 Å². The van der Waals surface area contributed by atoms with E-state index in [0.29, 0.717) is 26.7 Å². The van der Waals surface area contributed by atoms with Crippen LogP contribution in [0, 0.1) is 0 Å². The van der Waals surface area contributed by atoms with Gasteiger partial charge in [0.1, 0.15) is 11.5 Å². The first kappa shape index (κ1) is 19.3. The smallest absolute Gasteiger partial charge is 0.270 e. The van der Waals surface area contributed by atoms with E-state index in [1.165, 1.54) is 0 Å². The summed E-state index contributed by atoms with van der Waals surface area (Å²) in [7, 11) is 1.59. The van der Waals surface area contributed by atoms with Gasteiger partial charge in [-0.3, -0.25) is 4.79 Å². The molecule has 138 valence electrons. The number of benzene rings is 3. The van der Waals surface area contributed by atoms with Crippen LogP contribution in [0.2, 0.25) is 5.02 Å². The molecule has 27 heavy (non-hydrogen) atoms. The van der Waals surface area contributed by atoms with E-state index < -0.39 is 6.10 Å². The Morgan fingerprint density at radius 2 is 1.74 bits per heavy atom. The highest BCUT2D eigenvalue weighted by molar-refractivity contribution is 9.10. The van der Waals surface area contributed by atoms with Gasteiger partial charge in [-0.15, -0.1) is 0 Å². The van der Waals surface area contributed by atoms with E-state index in [2.05, 4.69) is 21.2 Å². The third-order valence-corrected chi connectivity index (χ3v) is 4.69. The molecule has 4 nitrogen and oxygen atoms in total. The first-order chi connectivity index (χ1) is 13.1. The molecule has 6 heteroatoms. The quantitative estimate of drug-likeness (QED) is 0.515. The van der Waals surface area contributed by atoms with Gasteiger partial charge in [-0.2, -0.15) is 0 Å². The van der Waals surface area contributed by atoms with E-state index in [1.807, 2.05) is 30.3 Å². The van der Waals surface area contributed by atoms with E-state index in [4.69, 9.17) is 21.1 Å². The van der Waals surface area contributed by atoms with Crippen molar-refractivity contribution in [3.63, 3.8) is 0 Å². The zero-order valence-corrected chi connectivity index (χ0v) is 16.8. The molecule has 0 aliphatic heterocycles. The van der Waals surface area contributed by atoms with Crippen LogP contribution in [-0.2, 0) is 4.79 Å². The summed E-state index contributed by atoms with van der Waals surface area (Å²) in [6.07, 6.45) is -0.828. The number of ether oxygens (including phenoxy) is 2. The van der Waals surface area contributed by atoms with Gasteiger partial charge in [-0.05, 0) is 58.4 Å². The number of halogens is 2.